The van der Waals surface area contributed by atoms with E-state index < -0.39 is 5.54 Å². The average molecular weight is 242 g/mol. The molecule has 1 atom stereocenters. The van der Waals surface area contributed by atoms with Crippen LogP contribution in [0.3, 0.4) is 0 Å². The Kier molecular flexibility index (Phi) is 5.02. The fourth-order valence-electron chi connectivity index (χ4n) is 0.956. The first-order valence-corrected chi connectivity index (χ1v) is 6.62. The molecular formula is C9H14N4S2. The molecule has 1 aromatic heterocycles. The van der Waals surface area contributed by atoms with Gasteiger partial charge in [-0.1, -0.05) is 30.0 Å². The summed E-state index contributed by atoms with van der Waals surface area (Å²) in [6.45, 7) is 4.86. The number of nitrogens with zero attached hydrogens (tertiary/aromatic N) is 3. The lowest BCUT2D eigenvalue weighted by molar-refractivity contribution is 0.493. The van der Waals surface area contributed by atoms with E-state index in [9.17, 15) is 0 Å². The Morgan fingerprint density at radius 1 is 1.73 bits per heavy atom. The maximum absolute atomic E-state index is 9.08. The molecule has 0 fully saturated rings. The first kappa shape index (κ1) is 12.4. The van der Waals surface area contributed by atoms with Crippen LogP contribution in [-0.2, 0) is 0 Å². The van der Waals surface area contributed by atoms with Crippen LogP contribution in [0.25, 0.3) is 0 Å². The molecule has 0 aliphatic heterocycles. The van der Waals surface area contributed by atoms with Crippen LogP contribution in [0.2, 0.25) is 0 Å². The van der Waals surface area contributed by atoms with Gasteiger partial charge < -0.3 is 0 Å². The summed E-state index contributed by atoms with van der Waals surface area (Å²) < 4.78 is 0.912. The van der Waals surface area contributed by atoms with Crippen molar-refractivity contribution in [3.05, 3.63) is 5.51 Å². The van der Waals surface area contributed by atoms with E-state index in [0.717, 1.165) is 17.3 Å². The van der Waals surface area contributed by atoms with Crippen LogP contribution in [0.1, 0.15) is 20.3 Å². The number of nitrogens with one attached hydrogen (secondary N) is 1. The number of thioether (sulfide) groups is 1. The quantitative estimate of drug-likeness (QED) is 0.772. The van der Waals surface area contributed by atoms with Crippen LogP contribution in [0.4, 0.5) is 0 Å². The van der Waals surface area contributed by atoms with E-state index in [-0.39, 0.29) is 0 Å². The number of aromatic nitrogens is 2. The summed E-state index contributed by atoms with van der Waals surface area (Å²) in [6.07, 6.45) is 1.03. The molecule has 6 heteroatoms. The van der Waals surface area contributed by atoms with Crippen LogP contribution in [0.15, 0.2) is 9.85 Å². The second-order valence-electron chi connectivity index (χ2n) is 3.36. The number of hydrogen-bond acceptors (Lipinski definition) is 6. The molecule has 0 aliphatic rings. The van der Waals surface area contributed by atoms with Gasteiger partial charge in [-0.15, -0.1) is 10.2 Å². The number of hydrogen-bond donors (Lipinski definition) is 1. The first-order chi connectivity index (χ1) is 7.20. The number of rotatable bonds is 6. The first-order valence-electron chi connectivity index (χ1n) is 4.75. The van der Waals surface area contributed by atoms with E-state index in [4.69, 9.17) is 5.26 Å². The van der Waals surface area contributed by atoms with Gasteiger partial charge in [0.1, 0.15) is 11.0 Å². The van der Waals surface area contributed by atoms with Crippen molar-refractivity contribution in [2.24, 2.45) is 0 Å². The summed E-state index contributed by atoms with van der Waals surface area (Å²) in [7, 11) is 0. The van der Waals surface area contributed by atoms with Crippen molar-refractivity contribution in [2.45, 2.75) is 30.1 Å². The third-order valence-corrected chi connectivity index (χ3v) is 4.01. The average Bonchev–Trinajstić information content (AvgIpc) is 2.76. The zero-order valence-corrected chi connectivity index (χ0v) is 10.5. The summed E-state index contributed by atoms with van der Waals surface area (Å²) in [5, 5.41) is 20.0. The van der Waals surface area contributed by atoms with Gasteiger partial charge in [0.05, 0.1) is 6.07 Å². The molecule has 0 aliphatic carbocycles. The van der Waals surface area contributed by atoms with E-state index in [2.05, 4.69) is 28.5 Å². The fourth-order valence-corrected chi connectivity index (χ4v) is 2.50. The van der Waals surface area contributed by atoms with Gasteiger partial charge in [-0.05, 0) is 19.9 Å². The van der Waals surface area contributed by atoms with Crippen molar-refractivity contribution in [3.63, 3.8) is 0 Å². The number of nitriles is 1. The highest BCUT2D eigenvalue weighted by Crippen LogP contribution is 2.23. The van der Waals surface area contributed by atoms with Gasteiger partial charge in [-0.3, -0.25) is 5.32 Å². The largest absolute Gasteiger partial charge is 0.299 e. The van der Waals surface area contributed by atoms with E-state index in [0.29, 0.717) is 5.75 Å². The zero-order chi connectivity index (χ0) is 11.1. The van der Waals surface area contributed by atoms with Crippen molar-refractivity contribution < 1.29 is 0 Å². The third kappa shape index (κ3) is 4.16. The summed E-state index contributed by atoms with van der Waals surface area (Å²) >= 11 is 3.07. The molecule has 0 aromatic carbocycles. The molecule has 15 heavy (non-hydrogen) atoms. The molecule has 1 unspecified atom stereocenters. The highest BCUT2D eigenvalue weighted by atomic mass is 32.2. The summed E-state index contributed by atoms with van der Waals surface area (Å²) in [6, 6.07) is 2.30. The van der Waals surface area contributed by atoms with Gasteiger partial charge in [-0.2, -0.15) is 5.26 Å². The van der Waals surface area contributed by atoms with Crippen molar-refractivity contribution in [1.82, 2.24) is 15.5 Å². The van der Waals surface area contributed by atoms with Gasteiger partial charge >= 0.3 is 0 Å². The van der Waals surface area contributed by atoms with Gasteiger partial charge in [0, 0.05) is 5.75 Å². The van der Waals surface area contributed by atoms with Crippen LogP contribution >= 0.6 is 23.1 Å². The Bertz CT molecular complexity index is 319. The zero-order valence-electron chi connectivity index (χ0n) is 8.86. The lowest BCUT2D eigenvalue weighted by Crippen LogP contribution is -2.43. The Hall–Kier alpha value is -0.640. The third-order valence-electron chi connectivity index (χ3n) is 1.84. The standard InChI is InChI=1S/C9H14N4S2/c1-3-4-11-9(2,5-10)6-14-8-13-12-7-15-8/h7,11H,3-4,6H2,1-2H3. The Morgan fingerprint density at radius 2 is 2.53 bits per heavy atom. The smallest absolute Gasteiger partial charge is 0.174 e. The van der Waals surface area contributed by atoms with Crippen LogP contribution in [-0.4, -0.2) is 28.0 Å². The van der Waals surface area contributed by atoms with Gasteiger partial charge in [0.15, 0.2) is 4.34 Å². The molecule has 0 saturated heterocycles. The lowest BCUT2D eigenvalue weighted by atomic mass is 10.1. The van der Waals surface area contributed by atoms with Crippen molar-refractivity contribution >= 4 is 23.1 Å². The Morgan fingerprint density at radius 3 is 3.07 bits per heavy atom. The van der Waals surface area contributed by atoms with E-state index in [1.54, 1.807) is 17.3 Å². The molecule has 1 N–H and O–H groups in total. The maximum atomic E-state index is 9.08. The second kappa shape index (κ2) is 6.05. The predicted octanol–water partition coefficient (Wildman–Crippen LogP) is 1.91. The Labute approximate surface area is 98.1 Å². The minimum atomic E-state index is -0.480. The van der Waals surface area contributed by atoms with Gasteiger partial charge in [0.2, 0.25) is 0 Å². The molecule has 0 bridgehead atoms. The molecule has 82 valence electrons. The molecular weight excluding hydrogens is 228 g/mol. The summed E-state index contributed by atoms with van der Waals surface area (Å²) in [5.41, 5.74) is 1.22. The van der Waals surface area contributed by atoms with Gasteiger partial charge in [0.25, 0.3) is 0 Å². The molecule has 0 amide bonds. The summed E-state index contributed by atoms with van der Waals surface area (Å²) in [5.74, 6) is 0.693. The minimum Gasteiger partial charge on any atom is -0.299 e. The second-order valence-corrected chi connectivity index (χ2v) is 5.42. The summed E-state index contributed by atoms with van der Waals surface area (Å²) in [4.78, 5) is 0. The van der Waals surface area contributed by atoms with E-state index in [1.807, 2.05) is 6.92 Å². The minimum absolute atomic E-state index is 0.480. The molecule has 0 radical (unpaired) electrons. The normalized spacial score (nSPS) is 14.5. The molecule has 1 aromatic rings. The van der Waals surface area contributed by atoms with E-state index in [1.165, 1.54) is 11.3 Å². The highest BCUT2D eigenvalue weighted by Gasteiger charge is 2.23. The van der Waals surface area contributed by atoms with E-state index >= 15 is 0 Å². The van der Waals surface area contributed by atoms with Gasteiger partial charge in [-0.25, -0.2) is 0 Å². The molecule has 4 nitrogen and oxygen atoms in total. The SMILES string of the molecule is CCCNC(C)(C#N)CSc1nncs1. The monoisotopic (exact) mass is 242 g/mol. The Balaban J connectivity index is 2.43. The molecule has 1 heterocycles. The van der Waals surface area contributed by atoms with Crippen molar-refractivity contribution in [3.8, 4) is 6.07 Å². The lowest BCUT2D eigenvalue weighted by Gasteiger charge is -2.21. The van der Waals surface area contributed by atoms with Crippen molar-refractivity contribution in [2.75, 3.05) is 12.3 Å². The molecule has 0 saturated carbocycles. The highest BCUT2D eigenvalue weighted by molar-refractivity contribution is 8.01. The molecule has 1 rings (SSSR count). The van der Waals surface area contributed by atoms with Crippen molar-refractivity contribution in [1.29, 1.82) is 5.26 Å². The predicted molar refractivity (Wildman–Crippen MR) is 62.9 cm³/mol. The van der Waals surface area contributed by atoms with Crippen LogP contribution < -0.4 is 5.32 Å². The fraction of sp³-hybridized carbons (Fsp3) is 0.667. The van der Waals surface area contributed by atoms with Crippen LogP contribution in [0, 0.1) is 11.3 Å². The van der Waals surface area contributed by atoms with Crippen LogP contribution in [0.5, 0.6) is 0 Å². The molecule has 0 spiro atoms. The topological polar surface area (TPSA) is 61.6 Å². The maximum Gasteiger partial charge on any atom is 0.174 e.